The van der Waals surface area contributed by atoms with Crippen LogP contribution in [0.5, 0.6) is 0 Å². The number of rotatable bonds is 0. The quantitative estimate of drug-likeness (QED) is 0.155. The minimum atomic E-state index is -2.05. The summed E-state index contributed by atoms with van der Waals surface area (Å²) in [5.74, 6) is 1.75. The topological polar surface area (TPSA) is 61.4 Å². The summed E-state index contributed by atoms with van der Waals surface area (Å²) in [7, 11) is -10.2. The van der Waals surface area contributed by atoms with Gasteiger partial charge < -0.3 is 0 Å². The molecule has 0 radical (unpaired) electrons. The van der Waals surface area contributed by atoms with Gasteiger partial charge in [-0.1, -0.05) is 135 Å². The van der Waals surface area contributed by atoms with Crippen LogP contribution >= 0.6 is 0 Å². The highest BCUT2D eigenvalue weighted by atomic mass is 29.3. The summed E-state index contributed by atoms with van der Waals surface area (Å²) in [4.78, 5) is 20.6. The van der Waals surface area contributed by atoms with E-state index in [1.165, 1.54) is 64.4 Å². The molecule has 54 heavy (non-hydrogen) atoms. The molecule has 0 atom stereocenters. The van der Waals surface area contributed by atoms with Gasteiger partial charge >= 0.3 is 0 Å². The number of hydrogen-bond donors (Lipinski definition) is 0. The fourth-order valence-corrected chi connectivity index (χ4v) is 29.0. The molecule has 23 rings (SSSR count). The summed E-state index contributed by atoms with van der Waals surface area (Å²) in [5, 5.41) is 12.6. The highest BCUT2D eigenvalue weighted by molar-refractivity contribution is 7.50. The first-order valence-corrected chi connectivity index (χ1v) is 36.5. The molecule has 0 unspecified atom stereocenters. The smallest absolute Gasteiger partial charge is 0.156 e. The highest BCUT2D eigenvalue weighted by Crippen LogP contribution is 2.36. The molecule has 11 heteroatoms. The van der Waals surface area contributed by atoms with Crippen molar-refractivity contribution in [1.82, 2.24) is 29.1 Å². The first kappa shape index (κ1) is 34.2. The van der Waals surface area contributed by atoms with Gasteiger partial charge in [0.05, 0.1) is 76.7 Å². The van der Waals surface area contributed by atoms with E-state index in [0.29, 0.717) is 0 Å². The molecule has 18 bridgehead atoms. The second-order valence-corrected chi connectivity index (χ2v) is 53.7. The van der Waals surface area contributed by atoms with Crippen molar-refractivity contribution in [3.05, 3.63) is 103 Å². The van der Waals surface area contributed by atoms with E-state index in [1.54, 1.807) is 0 Å². The molecule has 8 aromatic rings. The monoisotopic (exact) mass is 788 g/mol. The molecule has 6 nitrogen and oxygen atoms in total. The van der Waals surface area contributed by atoms with E-state index < -0.39 is 38.4 Å². The zero-order chi connectivity index (χ0) is 37.7. The fraction of sp³-hybridized carbons (Fsp3) is 0.256. The molecular weight excluding hydrogens is 741 g/mol. The van der Waals surface area contributed by atoms with E-state index in [2.05, 4.69) is 147 Å². The van der Waals surface area contributed by atoms with Crippen molar-refractivity contribution in [2.45, 2.75) is 71.5 Å². The van der Waals surface area contributed by atoms with Crippen LogP contribution in [-0.2, 0) is 6.04 Å². The van der Waals surface area contributed by atoms with Gasteiger partial charge in [-0.3, -0.25) is 19.1 Å². The third-order valence-electron chi connectivity index (χ3n) is 14.6. The van der Waals surface area contributed by atoms with E-state index in [9.17, 15) is 0 Å². The average molecular weight is 789 g/mol. The molecule has 4 aromatic heterocycles. The zero-order valence-corrected chi connectivity index (χ0v) is 38.1. The zero-order valence-electron chi connectivity index (χ0n) is 33.1. The van der Waals surface area contributed by atoms with Crippen LogP contribution in [0.4, 0.5) is 0 Å². The number of hydrogen-bond acceptors (Lipinski definition) is 4. The third kappa shape index (κ3) is 4.47. The molecule has 0 aliphatic carbocycles. The van der Waals surface area contributed by atoms with Gasteiger partial charge in [0.25, 0.3) is 0 Å². The Bertz CT molecular complexity index is 2740. The van der Waals surface area contributed by atoms with Crippen LogP contribution in [0.3, 0.4) is 0 Å². The van der Waals surface area contributed by atoms with Crippen molar-refractivity contribution in [3.8, 4) is 11.6 Å². The van der Waals surface area contributed by atoms with Gasteiger partial charge in [0.2, 0.25) is 0 Å². The number of nitrogens with zero attached hydrogens (tertiary/aromatic N) is 6. The second kappa shape index (κ2) is 10.9. The molecule has 0 spiro atoms. The first-order valence-electron chi connectivity index (χ1n) is 19.3. The molecule has 270 valence electrons. The van der Waals surface area contributed by atoms with Crippen LogP contribution in [0, 0.1) is 0 Å². The predicted molar refractivity (Wildman–Crippen MR) is 242 cm³/mol. The normalized spacial score (nSPS) is 18.9. The van der Waals surface area contributed by atoms with Crippen molar-refractivity contribution in [1.29, 1.82) is 0 Å². The predicted octanol–water partition coefficient (Wildman–Crippen LogP) is 7.00. The molecular formula is C43H48N6Si5. The van der Waals surface area contributed by atoms with Crippen LogP contribution in [0.2, 0.25) is 65.5 Å². The lowest BCUT2D eigenvalue weighted by atomic mass is 10.1. The lowest BCUT2D eigenvalue weighted by molar-refractivity contribution is 0.997. The molecule has 15 aliphatic rings. The van der Waals surface area contributed by atoms with Crippen LogP contribution in [0.15, 0.2) is 97.6 Å². The van der Waals surface area contributed by atoms with E-state index in [0.717, 1.165) is 28.7 Å². The Labute approximate surface area is 322 Å². The third-order valence-corrected chi connectivity index (χ3v) is 53.0. The van der Waals surface area contributed by atoms with Gasteiger partial charge in [-0.05, 0) is 30.3 Å². The lowest BCUT2D eigenvalue weighted by Crippen LogP contribution is -2.69. The van der Waals surface area contributed by atoms with E-state index in [4.69, 9.17) is 19.9 Å². The Balaban J connectivity index is 1.40. The molecule has 0 N–H and O–H groups in total. The number of aromatic nitrogens is 6. The van der Waals surface area contributed by atoms with Gasteiger partial charge in [0, 0.05) is 33.1 Å². The van der Waals surface area contributed by atoms with Crippen LogP contribution in [0.25, 0.3) is 55.2 Å². The van der Waals surface area contributed by atoms with Gasteiger partial charge in [0.1, 0.15) is 8.07 Å². The fourth-order valence-electron chi connectivity index (χ4n) is 9.42. The molecule has 15 aliphatic heterocycles. The van der Waals surface area contributed by atoms with Crippen LogP contribution in [0.1, 0.15) is 5.69 Å². The maximum absolute atomic E-state index is 5.19. The Kier molecular flexibility index (Phi) is 6.93. The van der Waals surface area contributed by atoms with Gasteiger partial charge in [-0.25, -0.2) is 9.97 Å². The maximum atomic E-state index is 5.19. The summed E-state index contributed by atoms with van der Waals surface area (Å²) < 4.78 is 4.74. The van der Waals surface area contributed by atoms with Gasteiger partial charge in [0.15, 0.2) is 11.6 Å². The number of benzene rings is 4. The molecule has 0 saturated heterocycles. The molecule has 0 fully saturated rings. The van der Waals surface area contributed by atoms with Crippen molar-refractivity contribution >= 4 is 108 Å². The summed E-state index contributed by atoms with van der Waals surface area (Å²) >= 11 is 0. The Morgan fingerprint density at radius 3 is 1.07 bits per heavy atom. The van der Waals surface area contributed by atoms with Crippen molar-refractivity contribution < 1.29 is 0 Å². The maximum Gasteiger partial charge on any atom is 0.156 e. The Morgan fingerprint density at radius 1 is 0.407 bits per heavy atom. The Hall–Kier alpha value is -4.28. The molecule has 0 saturated carbocycles. The SMILES string of the molecule is C[Si]1(C)Cc2cnc(cn2)-n2c3ccc4cc3c3cc(ccc32)[Si](C)(C)[Si](C)(C)c2ccc3c(c2)c2cc(ccc2n3-c2cnc1cn2)[Si](C)(C)[Si]4(C)C. The summed E-state index contributed by atoms with van der Waals surface area (Å²) in [5.41, 5.74) is 5.84. The molecule has 4 aromatic carbocycles. The minimum absolute atomic E-state index is 0.841. The van der Waals surface area contributed by atoms with Gasteiger partial charge in [-0.2, -0.15) is 0 Å². The van der Waals surface area contributed by atoms with Crippen LogP contribution < -0.4 is 26.1 Å². The largest absolute Gasteiger partial charge is 0.293 e. The molecule has 19 heterocycles. The Morgan fingerprint density at radius 2 is 0.759 bits per heavy atom. The van der Waals surface area contributed by atoms with Crippen molar-refractivity contribution in [3.63, 3.8) is 0 Å². The minimum Gasteiger partial charge on any atom is -0.293 e. The van der Waals surface area contributed by atoms with E-state index in [-0.39, 0.29) is 0 Å². The summed E-state index contributed by atoms with van der Waals surface area (Å²) in [6.07, 6.45) is 8.04. The van der Waals surface area contributed by atoms with Crippen molar-refractivity contribution in [2.75, 3.05) is 0 Å². The second-order valence-electron chi connectivity index (χ2n) is 18.8. The van der Waals surface area contributed by atoms with Crippen molar-refractivity contribution in [2.24, 2.45) is 0 Å². The average Bonchev–Trinajstić information content (AvgIpc) is 3.65. The first-order chi connectivity index (χ1) is 25.5. The lowest BCUT2D eigenvalue weighted by Gasteiger charge is -2.40. The molecule has 0 amide bonds. The summed E-state index contributed by atoms with van der Waals surface area (Å²) in [6, 6.07) is 30.6. The van der Waals surface area contributed by atoms with Gasteiger partial charge in [-0.15, -0.1) is 0 Å². The van der Waals surface area contributed by atoms with E-state index >= 15 is 0 Å². The highest BCUT2D eigenvalue weighted by Gasteiger charge is 2.46. The van der Waals surface area contributed by atoms with E-state index in [1.807, 2.05) is 24.8 Å². The van der Waals surface area contributed by atoms with Crippen LogP contribution in [-0.4, -0.2) is 67.5 Å². The standard InChI is InChI=1S/C43H48N6Si5/c1-50(2)27-28-23-45-41(24-44-28)48-37-15-11-29-19-33(37)34-20-30(12-16-38(34)48)52(5,6)54(9,10)32-14-18-40-36(22-32)35-21-31(53(7,8)51(29,3)4)13-17-39(35)49(40)42-25-47-43(50)26-46-42/h11-26H,27H2,1-10H3. The summed E-state index contributed by atoms with van der Waals surface area (Å²) in [6.45, 7) is 25.7.